The number of anilines is 2. The molecule has 2 amide bonds. The molecule has 2 aromatic carbocycles. The minimum Gasteiger partial charge on any atom is -0.481 e. The summed E-state index contributed by atoms with van der Waals surface area (Å²) in [6, 6.07) is 15.2. The average Bonchev–Trinajstić information content (AvgIpc) is 2.67. The van der Waals surface area contributed by atoms with Crippen LogP contribution < -0.4 is 15.5 Å². The van der Waals surface area contributed by atoms with Crippen molar-refractivity contribution in [1.82, 2.24) is 0 Å². The number of carbonyl (C=O) groups is 2. The van der Waals surface area contributed by atoms with Crippen molar-refractivity contribution in [2.45, 2.75) is 25.8 Å². The third-order valence-electron chi connectivity index (χ3n) is 4.58. The fraction of sp³-hybridized carbons (Fsp3) is 0.300. The first-order chi connectivity index (χ1) is 12.6. The van der Waals surface area contributed by atoms with Gasteiger partial charge in [0.1, 0.15) is 0 Å². The number of amides is 2. The van der Waals surface area contributed by atoms with Crippen LogP contribution in [0.2, 0.25) is 0 Å². The lowest BCUT2D eigenvalue weighted by atomic mass is 10.1. The highest BCUT2D eigenvalue weighted by molar-refractivity contribution is 6.04. The lowest BCUT2D eigenvalue weighted by Gasteiger charge is -2.35. The molecule has 0 unspecified atom stereocenters. The van der Waals surface area contributed by atoms with Gasteiger partial charge in [0.05, 0.1) is 0 Å². The summed E-state index contributed by atoms with van der Waals surface area (Å²) in [7, 11) is 0. The molecular formula is C20H23N3O3. The first-order valence-electron chi connectivity index (χ1n) is 8.77. The van der Waals surface area contributed by atoms with Crippen LogP contribution in [0.15, 0.2) is 48.5 Å². The minimum atomic E-state index is -0.809. The maximum Gasteiger partial charge on any atom is 0.328 e. The lowest BCUT2D eigenvalue weighted by molar-refractivity contribution is -0.136. The predicted molar refractivity (Wildman–Crippen MR) is 101 cm³/mol. The molecule has 0 bridgehead atoms. The molecule has 1 aliphatic heterocycles. The summed E-state index contributed by atoms with van der Waals surface area (Å²) in [5, 5.41) is 8.77. The number of nitrogens with zero attached hydrogens (tertiary/aromatic N) is 2. The maximum atomic E-state index is 12.9. The molecule has 3 N–H and O–H groups in total. The van der Waals surface area contributed by atoms with Crippen molar-refractivity contribution < 1.29 is 14.7 Å². The van der Waals surface area contributed by atoms with Gasteiger partial charge in [-0.15, -0.1) is 0 Å². The highest BCUT2D eigenvalue weighted by atomic mass is 16.4. The molecule has 0 aromatic heterocycles. The normalized spacial score (nSPS) is 14.6. The Bertz CT molecular complexity index is 772. The van der Waals surface area contributed by atoms with E-state index in [4.69, 9.17) is 10.8 Å². The fourth-order valence-electron chi connectivity index (χ4n) is 3.11. The van der Waals surface area contributed by atoms with Gasteiger partial charge in [0.15, 0.2) is 0 Å². The van der Waals surface area contributed by atoms with Crippen LogP contribution >= 0.6 is 0 Å². The van der Waals surface area contributed by atoms with Crippen LogP contribution in [0.5, 0.6) is 0 Å². The zero-order valence-corrected chi connectivity index (χ0v) is 14.6. The number of carboxylic acid groups (broad SMARTS) is 1. The van der Waals surface area contributed by atoms with Crippen molar-refractivity contribution in [3.8, 4) is 0 Å². The Hall–Kier alpha value is -2.86. The number of carbonyl (C=O) groups excluding carboxylic acids is 1. The van der Waals surface area contributed by atoms with E-state index in [-0.39, 0.29) is 12.5 Å². The number of urea groups is 1. The quantitative estimate of drug-likeness (QED) is 0.836. The van der Waals surface area contributed by atoms with E-state index < -0.39 is 5.97 Å². The van der Waals surface area contributed by atoms with Gasteiger partial charge in [-0.3, -0.25) is 14.6 Å². The largest absolute Gasteiger partial charge is 0.481 e. The summed E-state index contributed by atoms with van der Waals surface area (Å²) in [6.07, 6.45) is 1.48. The van der Waals surface area contributed by atoms with Crippen molar-refractivity contribution in [1.29, 1.82) is 0 Å². The van der Waals surface area contributed by atoms with Crippen LogP contribution in [0.4, 0.5) is 16.2 Å². The van der Waals surface area contributed by atoms with Crippen molar-refractivity contribution in [2.24, 2.45) is 5.73 Å². The monoisotopic (exact) mass is 353 g/mol. The number of aryl methyl sites for hydroxylation is 1. The molecule has 1 aliphatic rings. The second kappa shape index (κ2) is 8.01. The minimum absolute atomic E-state index is 0.0463. The number of hydrogen-bond acceptors (Lipinski definition) is 3. The summed E-state index contributed by atoms with van der Waals surface area (Å²) >= 11 is 0. The Morgan fingerprint density at radius 1 is 0.923 bits per heavy atom. The molecule has 0 saturated carbocycles. The molecule has 0 radical (unpaired) electrons. The molecule has 26 heavy (non-hydrogen) atoms. The zero-order valence-electron chi connectivity index (χ0n) is 14.6. The number of nitrogens with two attached hydrogens (primary N) is 1. The molecular weight excluding hydrogens is 330 g/mol. The standard InChI is InChI=1S/C20H23N3O3/c21-14-16-4-9-18(10-5-16)23-13-1-12-22(20(23)26)17-7-2-15(3-8-17)6-11-19(24)25/h2-5,7-10H,1,6,11-14,21H2,(H,24,25). The topological polar surface area (TPSA) is 86.9 Å². The highest BCUT2D eigenvalue weighted by Gasteiger charge is 2.27. The van der Waals surface area contributed by atoms with Gasteiger partial charge < -0.3 is 10.8 Å². The van der Waals surface area contributed by atoms with Gasteiger partial charge in [-0.05, 0) is 48.2 Å². The molecule has 1 heterocycles. The van der Waals surface area contributed by atoms with Gasteiger partial charge in [-0.25, -0.2) is 4.79 Å². The highest BCUT2D eigenvalue weighted by Crippen LogP contribution is 2.25. The molecule has 2 aromatic rings. The third kappa shape index (κ3) is 4.03. The van der Waals surface area contributed by atoms with Crippen LogP contribution in [0.3, 0.4) is 0 Å². The van der Waals surface area contributed by atoms with Gasteiger partial charge >= 0.3 is 12.0 Å². The Morgan fingerprint density at radius 3 is 1.88 bits per heavy atom. The van der Waals surface area contributed by atoms with Crippen LogP contribution in [0.1, 0.15) is 24.0 Å². The van der Waals surface area contributed by atoms with E-state index in [0.29, 0.717) is 26.1 Å². The molecule has 6 heteroatoms. The van der Waals surface area contributed by atoms with Gasteiger partial charge in [-0.2, -0.15) is 0 Å². The SMILES string of the molecule is NCc1ccc(N2CCCN(c3ccc(CCC(=O)O)cc3)C2=O)cc1. The van der Waals surface area contributed by atoms with E-state index in [1.165, 1.54) is 0 Å². The van der Waals surface area contributed by atoms with Gasteiger partial charge in [0, 0.05) is 37.4 Å². The number of rotatable bonds is 6. The molecule has 0 spiro atoms. The van der Waals surface area contributed by atoms with Crippen molar-refractivity contribution >= 4 is 23.4 Å². The number of benzene rings is 2. The summed E-state index contributed by atoms with van der Waals surface area (Å²) in [5.41, 5.74) is 9.32. The van der Waals surface area contributed by atoms with E-state index in [0.717, 1.165) is 28.9 Å². The second-order valence-electron chi connectivity index (χ2n) is 6.37. The van der Waals surface area contributed by atoms with Crippen molar-refractivity contribution in [2.75, 3.05) is 22.9 Å². The van der Waals surface area contributed by atoms with E-state index in [9.17, 15) is 9.59 Å². The predicted octanol–water partition coefficient (Wildman–Crippen LogP) is 3.00. The number of carboxylic acids is 1. The smallest absolute Gasteiger partial charge is 0.328 e. The summed E-state index contributed by atoms with van der Waals surface area (Å²) in [6.45, 7) is 1.84. The summed E-state index contributed by atoms with van der Waals surface area (Å²) in [4.78, 5) is 27.2. The Balaban J connectivity index is 1.73. The molecule has 1 saturated heterocycles. The zero-order chi connectivity index (χ0) is 18.5. The Labute approximate surface area is 152 Å². The van der Waals surface area contributed by atoms with Crippen LogP contribution in [0, 0.1) is 0 Å². The summed E-state index contributed by atoms with van der Waals surface area (Å²) < 4.78 is 0. The van der Waals surface area contributed by atoms with Gasteiger partial charge in [-0.1, -0.05) is 24.3 Å². The third-order valence-corrected chi connectivity index (χ3v) is 4.58. The van der Waals surface area contributed by atoms with Crippen LogP contribution in [-0.2, 0) is 17.8 Å². The van der Waals surface area contributed by atoms with Gasteiger partial charge in [0.2, 0.25) is 0 Å². The first-order valence-corrected chi connectivity index (χ1v) is 8.77. The van der Waals surface area contributed by atoms with E-state index >= 15 is 0 Å². The van der Waals surface area contributed by atoms with E-state index in [2.05, 4.69) is 0 Å². The van der Waals surface area contributed by atoms with Crippen LogP contribution in [-0.4, -0.2) is 30.2 Å². The number of aliphatic carboxylic acids is 1. The van der Waals surface area contributed by atoms with Crippen molar-refractivity contribution in [3.63, 3.8) is 0 Å². The van der Waals surface area contributed by atoms with E-state index in [1.807, 2.05) is 48.5 Å². The number of hydrogen-bond donors (Lipinski definition) is 2. The molecule has 136 valence electrons. The van der Waals surface area contributed by atoms with Crippen molar-refractivity contribution in [3.05, 3.63) is 59.7 Å². The molecule has 0 atom stereocenters. The average molecular weight is 353 g/mol. The molecule has 1 fully saturated rings. The molecule has 0 aliphatic carbocycles. The second-order valence-corrected chi connectivity index (χ2v) is 6.37. The molecule has 3 rings (SSSR count). The van der Waals surface area contributed by atoms with Crippen LogP contribution in [0.25, 0.3) is 0 Å². The molecule has 6 nitrogen and oxygen atoms in total. The van der Waals surface area contributed by atoms with Gasteiger partial charge in [0.25, 0.3) is 0 Å². The lowest BCUT2D eigenvalue weighted by Crippen LogP contribution is -2.49. The summed E-state index contributed by atoms with van der Waals surface area (Å²) in [5.74, 6) is -0.809. The van der Waals surface area contributed by atoms with E-state index in [1.54, 1.807) is 9.80 Å². The first kappa shape index (κ1) is 17.9. The Morgan fingerprint density at radius 2 is 1.42 bits per heavy atom. The fourth-order valence-corrected chi connectivity index (χ4v) is 3.11. The maximum absolute atomic E-state index is 12.9. The Kier molecular flexibility index (Phi) is 5.53.